The van der Waals surface area contributed by atoms with E-state index in [-0.39, 0.29) is 0 Å². The first-order valence-corrected chi connectivity index (χ1v) is 8.28. The fourth-order valence-electron chi connectivity index (χ4n) is 3.51. The van der Waals surface area contributed by atoms with Crippen LogP contribution in [0.3, 0.4) is 0 Å². The molecule has 1 saturated carbocycles. The standard InChI is InChI=1S/C16H17N3S/c1-20-15-7-6-14(18-19-15)17-9-13-12-8-10-4-2-3-5-11(10)16(12)13/h2-7,12-13,16H,8-9H2,1H3,(H,17,18). The summed E-state index contributed by atoms with van der Waals surface area (Å²) in [6, 6.07) is 12.9. The van der Waals surface area contributed by atoms with E-state index < -0.39 is 0 Å². The molecule has 2 aromatic rings. The number of aromatic nitrogens is 2. The number of nitrogens with zero attached hydrogens (tertiary/aromatic N) is 2. The van der Waals surface area contributed by atoms with Crippen molar-refractivity contribution < 1.29 is 0 Å². The van der Waals surface area contributed by atoms with E-state index in [1.807, 2.05) is 18.4 Å². The number of anilines is 1. The predicted molar refractivity (Wildman–Crippen MR) is 82.2 cm³/mol. The number of fused-ring (bicyclic) bond motifs is 3. The molecule has 3 unspecified atom stereocenters. The van der Waals surface area contributed by atoms with Gasteiger partial charge in [-0.15, -0.1) is 22.0 Å². The SMILES string of the molecule is CSc1ccc(NCC2C3Cc4ccccc4C23)nn1. The van der Waals surface area contributed by atoms with Crippen molar-refractivity contribution in [2.45, 2.75) is 17.4 Å². The van der Waals surface area contributed by atoms with Gasteiger partial charge in [0.1, 0.15) is 10.8 Å². The zero-order valence-electron chi connectivity index (χ0n) is 11.4. The Morgan fingerprint density at radius 2 is 2.10 bits per heavy atom. The van der Waals surface area contributed by atoms with E-state index in [4.69, 9.17) is 0 Å². The van der Waals surface area contributed by atoms with Crippen LogP contribution in [-0.2, 0) is 6.42 Å². The maximum absolute atomic E-state index is 4.21. The molecule has 1 aromatic carbocycles. The molecule has 0 saturated heterocycles. The van der Waals surface area contributed by atoms with E-state index in [1.165, 1.54) is 6.42 Å². The van der Waals surface area contributed by atoms with E-state index in [2.05, 4.69) is 39.8 Å². The van der Waals surface area contributed by atoms with Gasteiger partial charge in [-0.25, -0.2) is 0 Å². The Bertz CT molecular complexity index is 626. The van der Waals surface area contributed by atoms with Gasteiger partial charge in [-0.1, -0.05) is 24.3 Å². The number of nitrogens with one attached hydrogen (secondary N) is 1. The lowest BCUT2D eigenvalue weighted by atomic mass is 10.0. The van der Waals surface area contributed by atoms with Crippen molar-refractivity contribution in [3.8, 4) is 0 Å². The lowest BCUT2D eigenvalue weighted by molar-refractivity contribution is 0.716. The lowest BCUT2D eigenvalue weighted by Crippen LogP contribution is -2.09. The summed E-state index contributed by atoms with van der Waals surface area (Å²) < 4.78 is 0. The summed E-state index contributed by atoms with van der Waals surface area (Å²) in [5.74, 6) is 3.28. The molecule has 4 heteroatoms. The van der Waals surface area contributed by atoms with Crippen LogP contribution in [0.4, 0.5) is 5.82 Å². The van der Waals surface area contributed by atoms with Gasteiger partial charge in [0.25, 0.3) is 0 Å². The van der Waals surface area contributed by atoms with Crippen molar-refractivity contribution in [2.24, 2.45) is 11.8 Å². The molecule has 1 fully saturated rings. The second kappa shape index (κ2) is 4.77. The summed E-state index contributed by atoms with van der Waals surface area (Å²) in [6.07, 6.45) is 3.27. The second-order valence-corrected chi connectivity index (χ2v) is 6.42. The molecule has 0 spiro atoms. The monoisotopic (exact) mass is 283 g/mol. The van der Waals surface area contributed by atoms with Gasteiger partial charge in [-0.3, -0.25) is 0 Å². The van der Waals surface area contributed by atoms with Crippen molar-refractivity contribution in [3.63, 3.8) is 0 Å². The minimum absolute atomic E-state index is 0.770. The Balaban J connectivity index is 1.39. The maximum atomic E-state index is 4.21. The average Bonchev–Trinajstić information content (AvgIpc) is 3.04. The number of hydrogen-bond acceptors (Lipinski definition) is 4. The van der Waals surface area contributed by atoms with Gasteiger partial charge in [-0.2, -0.15) is 0 Å². The van der Waals surface area contributed by atoms with Gasteiger partial charge < -0.3 is 5.32 Å². The Morgan fingerprint density at radius 3 is 2.90 bits per heavy atom. The van der Waals surface area contributed by atoms with Crippen LogP contribution in [0.15, 0.2) is 41.4 Å². The molecule has 1 heterocycles. The first-order valence-electron chi connectivity index (χ1n) is 7.06. The molecule has 3 atom stereocenters. The summed E-state index contributed by atoms with van der Waals surface area (Å²) >= 11 is 1.62. The number of rotatable bonds is 4. The van der Waals surface area contributed by atoms with Crippen molar-refractivity contribution in [2.75, 3.05) is 18.1 Å². The molecular formula is C16H17N3S. The van der Waals surface area contributed by atoms with Gasteiger partial charge in [0.2, 0.25) is 0 Å². The zero-order valence-corrected chi connectivity index (χ0v) is 12.2. The first-order chi connectivity index (χ1) is 9.86. The quantitative estimate of drug-likeness (QED) is 0.875. The predicted octanol–water partition coefficient (Wildman–Crippen LogP) is 3.20. The molecule has 1 aromatic heterocycles. The van der Waals surface area contributed by atoms with Gasteiger partial charge in [0.15, 0.2) is 0 Å². The highest BCUT2D eigenvalue weighted by atomic mass is 32.2. The van der Waals surface area contributed by atoms with E-state index in [1.54, 1.807) is 22.9 Å². The van der Waals surface area contributed by atoms with E-state index in [9.17, 15) is 0 Å². The summed E-state index contributed by atoms with van der Waals surface area (Å²) in [5, 5.41) is 12.8. The van der Waals surface area contributed by atoms with Gasteiger partial charge >= 0.3 is 0 Å². The fourth-order valence-corrected chi connectivity index (χ4v) is 3.83. The minimum Gasteiger partial charge on any atom is -0.368 e. The van der Waals surface area contributed by atoms with Crippen LogP contribution >= 0.6 is 11.8 Å². The second-order valence-electron chi connectivity index (χ2n) is 5.60. The summed E-state index contributed by atoms with van der Waals surface area (Å²) in [5.41, 5.74) is 3.14. The molecule has 2 aliphatic carbocycles. The van der Waals surface area contributed by atoms with E-state index in [0.29, 0.717) is 0 Å². The topological polar surface area (TPSA) is 37.8 Å². The smallest absolute Gasteiger partial charge is 0.148 e. The summed E-state index contributed by atoms with van der Waals surface area (Å²) in [7, 11) is 0. The molecule has 0 radical (unpaired) electrons. The molecule has 0 amide bonds. The largest absolute Gasteiger partial charge is 0.368 e. The molecule has 20 heavy (non-hydrogen) atoms. The lowest BCUT2D eigenvalue weighted by Gasteiger charge is -2.09. The normalized spacial score (nSPS) is 25.9. The zero-order chi connectivity index (χ0) is 13.5. The number of benzene rings is 1. The molecular weight excluding hydrogens is 266 g/mol. The fraction of sp³-hybridized carbons (Fsp3) is 0.375. The van der Waals surface area contributed by atoms with Crippen LogP contribution in [0.2, 0.25) is 0 Å². The minimum atomic E-state index is 0.770. The van der Waals surface area contributed by atoms with Crippen molar-refractivity contribution in [1.82, 2.24) is 10.2 Å². The molecule has 0 bridgehead atoms. The number of thioether (sulfide) groups is 1. The third kappa shape index (κ3) is 1.99. The molecule has 0 aliphatic heterocycles. The van der Waals surface area contributed by atoms with Crippen LogP contribution in [0, 0.1) is 11.8 Å². The average molecular weight is 283 g/mol. The molecule has 2 aliphatic rings. The first kappa shape index (κ1) is 12.2. The van der Waals surface area contributed by atoms with Crippen molar-refractivity contribution in [1.29, 1.82) is 0 Å². The highest BCUT2D eigenvalue weighted by Gasteiger charge is 2.54. The highest BCUT2D eigenvalue weighted by Crippen LogP contribution is 2.61. The van der Waals surface area contributed by atoms with Crippen LogP contribution in [0.1, 0.15) is 17.0 Å². The Kier molecular flexibility index (Phi) is 2.91. The molecule has 4 rings (SSSR count). The molecule has 3 nitrogen and oxygen atoms in total. The summed E-state index contributed by atoms with van der Waals surface area (Å²) in [4.78, 5) is 0. The highest BCUT2D eigenvalue weighted by molar-refractivity contribution is 7.98. The Morgan fingerprint density at radius 1 is 1.20 bits per heavy atom. The van der Waals surface area contributed by atoms with Crippen molar-refractivity contribution in [3.05, 3.63) is 47.5 Å². The van der Waals surface area contributed by atoms with Gasteiger partial charge in [0, 0.05) is 6.54 Å². The number of hydrogen-bond donors (Lipinski definition) is 1. The van der Waals surface area contributed by atoms with Gasteiger partial charge in [0.05, 0.1) is 0 Å². The van der Waals surface area contributed by atoms with Crippen LogP contribution in [-0.4, -0.2) is 23.0 Å². The molecule has 1 N–H and O–H groups in total. The van der Waals surface area contributed by atoms with E-state index >= 15 is 0 Å². The Labute approximate surface area is 123 Å². The maximum Gasteiger partial charge on any atom is 0.148 e. The van der Waals surface area contributed by atoms with Crippen LogP contribution in [0.5, 0.6) is 0 Å². The third-order valence-corrected chi connectivity index (χ3v) is 5.21. The molecule has 102 valence electrons. The van der Waals surface area contributed by atoms with E-state index in [0.717, 1.165) is 35.1 Å². The van der Waals surface area contributed by atoms with Gasteiger partial charge in [-0.05, 0) is 53.7 Å². The summed E-state index contributed by atoms with van der Waals surface area (Å²) in [6.45, 7) is 1.01. The van der Waals surface area contributed by atoms with Crippen LogP contribution in [0.25, 0.3) is 0 Å². The Hall–Kier alpha value is -1.55. The van der Waals surface area contributed by atoms with Crippen molar-refractivity contribution >= 4 is 17.6 Å². The van der Waals surface area contributed by atoms with Crippen LogP contribution < -0.4 is 5.32 Å². The third-order valence-electron chi connectivity index (χ3n) is 4.57.